The maximum absolute atomic E-state index is 12.9. The van der Waals surface area contributed by atoms with Crippen LogP contribution in [0.15, 0.2) is 17.0 Å². The van der Waals surface area contributed by atoms with E-state index < -0.39 is 9.84 Å². The fraction of sp³-hybridized carbons (Fsp3) is 0.625. The molecule has 0 aromatic heterocycles. The number of aryl methyl sites for hydroxylation is 2. The predicted octanol–water partition coefficient (Wildman–Crippen LogP) is 3.44. The van der Waals surface area contributed by atoms with Gasteiger partial charge < -0.3 is 0 Å². The molecule has 3 rings (SSSR count). The Balaban J connectivity index is 2.16. The summed E-state index contributed by atoms with van der Waals surface area (Å²) in [6.07, 6.45) is 3.92. The quantitative estimate of drug-likeness (QED) is 0.728. The van der Waals surface area contributed by atoms with Crippen LogP contribution in [0.5, 0.6) is 0 Å². The standard InChI is InChI=1S/C16H22O2S/c1-10-4-5-15-13(7-10)9-14-8-11(2)6-12(3)16(14)19(15,17)18/h6,8,10,13,15H,4-5,7,9H2,1-3H3. The van der Waals surface area contributed by atoms with Crippen LogP contribution in [-0.2, 0) is 16.3 Å². The molecule has 0 saturated heterocycles. The summed E-state index contributed by atoms with van der Waals surface area (Å²) in [4.78, 5) is 0.647. The SMILES string of the molecule is Cc1cc(C)c2c(c1)CC1CC(C)CCC1S2(=O)=O. The largest absolute Gasteiger partial charge is 0.223 e. The molecule has 3 atom stereocenters. The van der Waals surface area contributed by atoms with Crippen LogP contribution in [0.4, 0.5) is 0 Å². The van der Waals surface area contributed by atoms with Gasteiger partial charge in [-0.3, -0.25) is 0 Å². The number of benzene rings is 1. The minimum absolute atomic E-state index is 0.127. The highest BCUT2D eigenvalue weighted by Gasteiger charge is 2.43. The number of hydrogen-bond acceptors (Lipinski definition) is 2. The molecule has 19 heavy (non-hydrogen) atoms. The van der Waals surface area contributed by atoms with Crippen molar-refractivity contribution < 1.29 is 8.42 Å². The Morgan fingerprint density at radius 3 is 2.63 bits per heavy atom. The van der Waals surface area contributed by atoms with Crippen LogP contribution in [0.2, 0.25) is 0 Å². The lowest BCUT2D eigenvalue weighted by atomic mass is 9.78. The Morgan fingerprint density at radius 1 is 1.16 bits per heavy atom. The van der Waals surface area contributed by atoms with Crippen molar-refractivity contribution in [2.75, 3.05) is 0 Å². The van der Waals surface area contributed by atoms with Gasteiger partial charge >= 0.3 is 0 Å². The van der Waals surface area contributed by atoms with E-state index in [0.717, 1.165) is 36.8 Å². The maximum Gasteiger partial charge on any atom is 0.182 e. The van der Waals surface area contributed by atoms with Crippen LogP contribution in [-0.4, -0.2) is 13.7 Å². The summed E-state index contributed by atoms with van der Waals surface area (Å²) < 4.78 is 25.8. The fourth-order valence-electron chi connectivity index (χ4n) is 4.13. The Hall–Kier alpha value is -0.830. The minimum atomic E-state index is -3.11. The van der Waals surface area contributed by atoms with E-state index in [0.29, 0.717) is 16.7 Å². The highest BCUT2D eigenvalue weighted by molar-refractivity contribution is 7.92. The van der Waals surface area contributed by atoms with Gasteiger partial charge in [-0.15, -0.1) is 0 Å². The maximum atomic E-state index is 12.9. The van der Waals surface area contributed by atoms with E-state index in [-0.39, 0.29) is 5.25 Å². The Bertz CT molecular complexity index is 616. The monoisotopic (exact) mass is 278 g/mol. The van der Waals surface area contributed by atoms with Crippen molar-refractivity contribution in [1.82, 2.24) is 0 Å². The van der Waals surface area contributed by atoms with Crippen molar-refractivity contribution in [3.8, 4) is 0 Å². The molecule has 3 unspecified atom stereocenters. The first-order valence-corrected chi connectivity index (χ1v) is 8.78. The van der Waals surface area contributed by atoms with E-state index in [1.165, 1.54) is 5.56 Å². The zero-order chi connectivity index (χ0) is 13.8. The first-order chi connectivity index (χ1) is 8.89. The second-order valence-corrected chi connectivity index (χ2v) is 8.64. The molecule has 1 fully saturated rings. The van der Waals surface area contributed by atoms with E-state index in [1.54, 1.807) is 0 Å². The molecule has 0 radical (unpaired) electrons. The van der Waals surface area contributed by atoms with Crippen LogP contribution < -0.4 is 0 Å². The highest BCUT2D eigenvalue weighted by Crippen LogP contribution is 2.43. The second-order valence-electron chi connectivity index (χ2n) is 6.54. The lowest BCUT2D eigenvalue weighted by Gasteiger charge is -2.39. The highest BCUT2D eigenvalue weighted by atomic mass is 32.2. The number of rotatable bonds is 0. The molecular formula is C16H22O2S. The third-order valence-electron chi connectivity index (χ3n) is 4.84. The predicted molar refractivity (Wildman–Crippen MR) is 77.1 cm³/mol. The molecule has 2 aliphatic rings. The van der Waals surface area contributed by atoms with E-state index in [1.807, 2.05) is 13.0 Å². The molecule has 1 heterocycles. The van der Waals surface area contributed by atoms with E-state index in [4.69, 9.17) is 0 Å². The first kappa shape index (κ1) is 13.2. The lowest BCUT2D eigenvalue weighted by molar-refractivity contribution is 0.276. The summed E-state index contributed by atoms with van der Waals surface area (Å²) >= 11 is 0. The minimum Gasteiger partial charge on any atom is -0.223 e. The van der Waals surface area contributed by atoms with Crippen LogP contribution in [0.3, 0.4) is 0 Å². The first-order valence-electron chi connectivity index (χ1n) is 7.23. The summed E-state index contributed by atoms with van der Waals surface area (Å²) in [6, 6.07) is 4.08. The molecule has 1 aliphatic carbocycles. The van der Waals surface area contributed by atoms with Gasteiger partial charge in [0, 0.05) is 0 Å². The summed E-state index contributed by atoms with van der Waals surface area (Å²) in [7, 11) is -3.11. The molecule has 1 aliphatic heterocycles. The number of fused-ring (bicyclic) bond motifs is 2. The summed E-state index contributed by atoms with van der Waals surface area (Å²) in [5.41, 5.74) is 3.17. The van der Waals surface area contributed by atoms with Gasteiger partial charge in [0.1, 0.15) is 0 Å². The smallest absolute Gasteiger partial charge is 0.182 e. The van der Waals surface area contributed by atoms with Gasteiger partial charge in [0.25, 0.3) is 0 Å². The Labute approximate surface area is 116 Å². The third kappa shape index (κ3) is 2.03. The van der Waals surface area contributed by atoms with Gasteiger partial charge in [0.2, 0.25) is 0 Å². The molecule has 1 saturated carbocycles. The molecule has 1 aromatic carbocycles. The normalized spacial score (nSPS) is 32.5. The molecular weight excluding hydrogens is 256 g/mol. The van der Waals surface area contributed by atoms with E-state index >= 15 is 0 Å². The second kappa shape index (κ2) is 4.34. The molecule has 2 nitrogen and oxygen atoms in total. The zero-order valence-electron chi connectivity index (χ0n) is 11.9. The molecule has 0 amide bonds. The van der Waals surface area contributed by atoms with E-state index in [9.17, 15) is 8.42 Å². The van der Waals surface area contributed by atoms with Crippen molar-refractivity contribution in [2.45, 2.75) is 56.6 Å². The molecule has 3 heteroatoms. The van der Waals surface area contributed by atoms with Gasteiger partial charge in [-0.05, 0) is 62.5 Å². The Kier molecular flexibility index (Phi) is 3.01. The van der Waals surface area contributed by atoms with Gasteiger partial charge in [-0.1, -0.05) is 24.6 Å². The van der Waals surface area contributed by atoms with E-state index in [2.05, 4.69) is 19.9 Å². The number of hydrogen-bond donors (Lipinski definition) is 0. The molecule has 104 valence electrons. The summed E-state index contributed by atoms with van der Waals surface area (Å²) in [6.45, 7) is 6.24. The van der Waals surface area contributed by atoms with Gasteiger partial charge in [-0.2, -0.15) is 0 Å². The number of sulfone groups is 1. The fourth-order valence-corrected chi connectivity index (χ4v) is 6.61. The van der Waals surface area contributed by atoms with Gasteiger partial charge in [-0.25, -0.2) is 8.42 Å². The van der Waals surface area contributed by atoms with Crippen molar-refractivity contribution in [3.63, 3.8) is 0 Å². The van der Waals surface area contributed by atoms with Crippen molar-refractivity contribution in [2.24, 2.45) is 11.8 Å². The average molecular weight is 278 g/mol. The molecule has 0 spiro atoms. The van der Waals surface area contributed by atoms with Crippen LogP contribution in [0, 0.1) is 25.7 Å². The van der Waals surface area contributed by atoms with Crippen molar-refractivity contribution in [1.29, 1.82) is 0 Å². The van der Waals surface area contributed by atoms with Gasteiger partial charge in [0.15, 0.2) is 9.84 Å². The average Bonchev–Trinajstić information content (AvgIpc) is 2.25. The summed E-state index contributed by atoms with van der Waals surface area (Å²) in [5.74, 6) is 1.01. The van der Waals surface area contributed by atoms with Crippen molar-refractivity contribution in [3.05, 3.63) is 28.8 Å². The molecule has 0 bridgehead atoms. The van der Waals surface area contributed by atoms with Crippen LogP contribution >= 0.6 is 0 Å². The lowest BCUT2D eigenvalue weighted by Crippen LogP contribution is -2.40. The molecule has 0 N–H and O–H groups in total. The van der Waals surface area contributed by atoms with Crippen LogP contribution in [0.25, 0.3) is 0 Å². The van der Waals surface area contributed by atoms with Gasteiger partial charge in [0.05, 0.1) is 10.1 Å². The molecule has 1 aromatic rings. The Morgan fingerprint density at radius 2 is 1.89 bits per heavy atom. The third-order valence-corrected chi connectivity index (χ3v) is 7.41. The zero-order valence-corrected chi connectivity index (χ0v) is 12.8. The topological polar surface area (TPSA) is 34.1 Å². The summed E-state index contributed by atoms with van der Waals surface area (Å²) in [5, 5.41) is -0.127. The van der Waals surface area contributed by atoms with Crippen LogP contribution in [0.1, 0.15) is 42.9 Å². The van der Waals surface area contributed by atoms with Crippen molar-refractivity contribution >= 4 is 9.84 Å².